The molecule has 2 nitrogen and oxygen atoms in total. The van der Waals surface area contributed by atoms with Crippen molar-refractivity contribution in [1.29, 1.82) is 0 Å². The molecule has 2 heteroatoms. The molecule has 0 amide bonds. The number of piperazine rings is 1. The minimum absolute atomic E-state index is 0.607. The number of rotatable bonds is 3. The van der Waals surface area contributed by atoms with Gasteiger partial charge in [-0.25, -0.2) is 0 Å². The molecular formula is C17H26N2. The molecule has 1 saturated carbocycles. The molecule has 19 heavy (non-hydrogen) atoms. The molecule has 3 rings (SSSR count). The first kappa shape index (κ1) is 13.0. The van der Waals surface area contributed by atoms with E-state index in [4.69, 9.17) is 0 Å². The van der Waals surface area contributed by atoms with E-state index in [1.807, 2.05) is 0 Å². The zero-order valence-corrected chi connectivity index (χ0v) is 12.3. The van der Waals surface area contributed by atoms with Gasteiger partial charge in [0, 0.05) is 37.8 Å². The van der Waals surface area contributed by atoms with E-state index >= 15 is 0 Å². The van der Waals surface area contributed by atoms with E-state index in [0.717, 1.165) is 32.1 Å². The van der Waals surface area contributed by atoms with Gasteiger partial charge in [0.15, 0.2) is 0 Å². The van der Waals surface area contributed by atoms with Crippen LogP contribution in [0, 0.1) is 23.7 Å². The summed E-state index contributed by atoms with van der Waals surface area (Å²) < 4.78 is 0. The molecule has 2 bridgehead atoms. The molecule has 4 unspecified atom stereocenters. The van der Waals surface area contributed by atoms with Gasteiger partial charge in [0.2, 0.25) is 0 Å². The Labute approximate surface area is 117 Å². The van der Waals surface area contributed by atoms with Gasteiger partial charge in [-0.05, 0) is 38.1 Å². The van der Waals surface area contributed by atoms with Crippen molar-refractivity contribution in [1.82, 2.24) is 9.80 Å². The van der Waals surface area contributed by atoms with Crippen molar-refractivity contribution < 1.29 is 0 Å². The second-order valence-electron chi connectivity index (χ2n) is 6.63. The molecule has 4 atom stereocenters. The lowest BCUT2D eigenvalue weighted by atomic mass is 9.77. The smallest absolute Gasteiger partial charge is 0.0303 e. The van der Waals surface area contributed by atoms with Crippen molar-refractivity contribution in [3.63, 3.8) is 0 Å². The molecule has 0 aromatic carbocycles. The highest BCUT2D eigenvalue weighted by molar-refractivity contribution is 5.27. The first-order valence-corrected chi connectivity index (χ1v) is 7.54. The van der Waals surface area contributed by atoms with E-state index in [9.17, 15) is 0 Å². The normalized spacial score (nSPS) is 37.9. The quantitative estimate of drug-likeness (QED) is 0.718. The van der Waals surface area contributed by atoms with E-state index in [2.05, 4.69) is 49.1 Å². The van der Waals surface area contributed by atoms with Gasteiger partial charge in [-0.1, -0.05) is 30.9 Å². The van der Waals surface area contributed by atoms with Gasteiger partial charge in [-0.3, -0.25) is 0 Å². The highest BCUT2D eigenvalue weighted by Crippen LogP contribution is 2.53. The van der Waals surface area contributed by atoms with Crippen LogP contribution in [0.25, 0.3) is 0 Å². The maximum atomic E-state index is 4.47. The molecule has 0 radical (unpaired) electrons. The highest BCUT2D eigenvalue weighted by Gasteiger charge is 2.46. The zero-order valence-electron chi connectivity index (χ0n) is 12.3. The zero-order chi connectivity index (χ0) is 13.6. The number of allylic oxidation sites excluding steroid dienone is 4. The van der Waals surface area contributed by atoms with Gasteiger partial charge in [0.25, 0.3) is 0 Å². The van der Waals surface area contributed by atoms with Crippen LogP contribution in [0.2, 0.25) is 0 Å². The van der Waals surface area contributed by atoms with E-state index in [1.165, 1.54) is 17.7 Å². The Morgan fingerprint density at radius 3 is 2.16 bits per heavy atom. The van der Waals surface area contributed by atoms with Crippen LogP contribution < -0.4 is 0 Å². The van der Waals surface area contributed by atoms with Crippen LogP contribution in [0.5, 0.6) is 0 Å². The Morgan fingerprint density at radius 2 is 1.58 bits per heavy atom. The van der Waals surface area contributed by atoms with Crippen LogP contribution in [0.4, 0.5) is 0 Å². The molecule has 104 valence electrons. The lowest BCUT2D eigenvalue weighted by Gasteiger charge is -2.40. The van der Waals surface area contributed by atoms with E-state index < -0.39 is 0 Å². The van der Waals surface area contributed by atoms with Crippen molar-refractivity contribution >= 4 is 0 Å². The molecule has 1 saturated heterocycles. The van der Waals surface area contributed by atoms with Crippen LogP contribution in [0.3, 0.4) is 0 Å². The summed E-state index contributed by atoms with van der Waals surface area (Å²) in [5.74, 6) is 2.66. The summed E-state index contributed by atoms with van der Waals surface area (Å²) in [6, 6.07) is 0. The highest BCUT2D eigenvalue weighted by atomic mass is 15.3. The third kappa shape index (κ3) is 2.16. The van der Waals surface area contributed by atoms with Crippen LogP contribution in [-0.2, 0) is 0 Å². The maximum absolute atomic E-state index is 4.47. The molecule has 1 aliphatic heterocycles. The van der Waals surface area contributed by atoms with E-state index in [0.29, 0.717) is 17.8 Å². The molecule has 0 aromatic rings. The van der Waals surface area contributed by atoms with Crippen molar-refractivity contribution in [2.45, 2.75) is 13.3 Å². The standard InChI is InChI=1S/C17H26N2/c1-12(2)16-14-5-6-15(11-14)17(16)13(3)19-9-7-18(4)8-10-19/h5-6,14-17H,1,3,7-11H2,2,4H3. The summed E-state index contributed by atoms with van der Waals surface area (Å²) in [5.41, 5.74) is 2.72. The summed E-state index contributed by atoms with van der Waals surface area (Å²) in [6.45, 7) is 15.5. The van der Waals surface area contributed by atoms with Gasteiger partial charge >= 0.3 is 0 Å². The number of likely N-dealkylation sites (N-methyl/N-ethyl adjacent to an activating group) is 1. The molecule has 1 heterocycles. The van der Waals surface area contributed by atoms with Crippen LogP contribution in [0.1, 0.15) is 13.3 Å². The summed E-state index contributed by atoms with van der Waals surface area (Å²) in [4.78, 5) is 4.93. The predicted molar refractivity (Wildman–Crippen MR) is 80.7 cm³/mol. The first-order valence-electron chi connectivity index (χ1n) is 7.54. The summed E-state index contributed by atoms with van der Waals surface area (Å²) >= 11 is 0. The monoisotopic (exact) mass is 258 g/mol. The van der Waals surface area contributed by atoms with Crippen LogP contribution >= 0.6 is 0 Å². The second kappa shape index (κ2) is 4.82. The van der Waals surface area contributed by atoms with Crippen LogP contribution in [0.15, 0.2) is 36.6 Å². The Hall–Kier alpha value is -1.02. The van der Waals surface area contributed by atoms with E-state index in [-0.39, 0.29) is 0 Å². The Bertz CT molecular complexity index is 415. The van der Waals surface area contributed by atoms with Crippen molar-refractivity contribution in [2.75, 3.05) is 33.2 Å². The fourth-order valence-corrected chi connectivity index (χ4v) is 4.25. The number of hydrogen-bond donors (Lipinski definition) is 0. The lowest BCUT2D eigenvalue weighted by Crippen LogP contribution is -2.45. The fraction of sp³-hybridized carbons (Fsp3) is 0.647. The third-order valence-electron chi connectivity index (χ3n) is 5.32. The van der Waals surface area contributed by atoms with Gasteiger partial charge in [0.05, 0.1) is 0 Å². The molecule has 3 aliphatic rings. The van der Waals surface area contributed by atoms with Crippen LogP contribution in [-0.4, -0.2) is 43.0 Å². The largest absolute Gasteiger partial charge is 0.372 e. The summed E-state index contributed by atoms with van der Waals surface area (Å²) in [6.07, 6.45) is 6.16. The first-order chi connectivity index (χ1) is 9.08. The predicted octanol–water partition coefficient (Wildman–Crippen LogP) is 2.76. The van der Waals surface area contributed by atoms with E-state index in [1.54, 1.807) is 0 Å². The molecular weight excluding hydrogens is 232 g/mol. The Kier molecular flexibility index (Phi) is 3.30. The maximum Gasteiger partial charge on any atom is 0.0303 e. The topological polar surface area (TPSA) is 6.48 Å². The minimum atomic E-state index is 0.607. The fourth-order valence-electron chi connectivity index (χ4n) is 4.25. The minimum Gasteiger partial charge on any atom is -0.372 e. The average molecular weight is 258 g/mol. The van der Waals surface area contributed by atoms with Gasteiger partial charge in [0.1, 0.15) is 0 Å². The SMILES string of the molecule is C=C(C)C1C2C=CC(C2)C1C(=C)N1CCN(C)CC1. The van der Waals surface area contributed by atoms with Crippen molar-refractivity contribution in [3.05, 3.63) is 36.6 Å². The Balaban J connectivity index is 1.75. The third-order valence-corrected chi connectivity index (χ3v) is 5.32. The summed E-state index contributed by atoms with van der Waals surface area (Å²) in [7, 11) is 2.21. The molecule has 0 aromatic heterocycles. The molecule has 0 spiro atoms. The van der Waals surface area contributed by atoms with Crippen molar-refractivity contribution in [2.24, 2.45) is 23.7 Å². The second-order valence-corrected chi connectivity index (χ2v) is 6.63. The average Bonchev–Trinajstić information content (AvgIpc) is 2.98. The van der Waals surface area contributed by atoms with Gasteiger partial charge in [-0.2, -0.15) is 0 Å². The van der Waals surface area contributed by atoms with Gasteiger partial charge in [-0.15, -0.1) is 0 Å². The number of fused-ring (bicyclic) bond motifs is 2. The Morgan fingerprint density at radius 1 is 1.00 bits per heavy atom. The molecule has 0 N–H and O–H groups in total. The summed E-state index contributed by atoms with van der Waals surface area (Å²) in [5, 5.41) is 0. The molecule has 2 aliphatic carbocycles. The van der Waals surface area contributed by atoms with Crippen molar-refractivity contribution in [3.8, 4) is 0 Å². The number of nitrogens with zero attached hydrogens (tertiary/aromatic N) is 2. The van der Waals surface area contributed by atoms with Gasteiger partial charge < -0.3 is 9.80 Å². The lowest BCUT2D eigenvalue weighted by molar-refractivity contribution is 0.163. The number of hydrogen-bond acceptors (Lipinski definition) is 2. The molecule has 2 fully saturated rings.